The van der Waals surface area contributed by atoms with Crippen molar-refractivity contribution in [1.82, 2.24) is 10.1 Å². The van der Waals surface area contributed by atoms with Crippen LogP contribution in [0.15, 0.2) is 22.7 Å². The molecule has 1 aromatic heterocycles. The Kier molecular flexibility index (Phi) is 5.16. The third-order valence-electron chi connectivity index (χ3n) is 2.82. The quantitative estimate of drug-likeness (QED) is 0.842. The van der Waals surface area contributed by atoms with E-state index in [1.54, 1.807) is 6.92 Å². The van der Waals surface area contributed by atoms with Gasteiger partial charge in [-0.15, -0.1) is 0 Å². The Balaban J connectivity index is 2.20. The minimum atomic E-state index is 0.0386. The number of benzene rings is 1. The zero-order chi connectivity index (χ0) is 15.2. The van der Waals surface area contributed by atoms with Crippen LogP contribution in [0.5, 0.6) is 11.5 Å². The Morgan fingerprint density at radius 1 is 1.33 bits per heavy atom. The van der Waals surface area contributed by atoms with Gasteiger partial charge in [-0.2, -0.15) is 4.98 Å². The number of aromatic nitrogens is 2. The molecule has 1 aromatic carbocycles. The van der Waals surface area contributed by atoms with E-state index in [4.69, 9.17) is 19.7 Å². The summed E-state index contributed by atoms with van der Waals surface area (Å²) in [7, 11) is 0. The molecule has 21 heavy (non-hydrogen) atoms. The molecule has 2 N–H and O–H groups in total. The summed E-state index contributed by atoms with van der Waals surface area (Å²) in [5.41, 5.74) is 6.90. The molecule has 0 saturated carbocycles. The predicted molar refractivity (Wildman–Crippen MR) is 78.3 cm³/mol. The number of rotatable bonds is 7. The minimum absolute atomic E-state index is 0.0386. The molecular formula is C15H21N3O3. The van der Waals surface area contributed by atoms with Gasteiger partial charge in [0.15, 0.2) is 18.1 Å². The van der Waals surface area contributed by atoms with Gasteiger partial charge in [0.05, 0.1) is 6.61 Å². The van der Waals surface area contributed by atoms with E-state index >= 15 is 0 Å². The highest BCUT2D eigenvalue weighted by Crippen LogP contribution is 2.32. The second-order valence-corrected chi connectivity index (χ2v) is 4.88. The fourth-order valence-corrected chi connectivity index (χ4v) is 2.04. The predicted octanol–water partition coefficient (Wildman–Crippen LogP) is 2.25. The van der Waals surface area contributed by atoms with Crippen molar-refractivity contribution in [3.63, 3.8) is 0 Å². The molecule has 2 aromatic rings. The van der Waals surface area contributed by atoms with Crippen LogP contribution in [0.3, 0.4) is 0 Å². The van der Waals surface area contributed by atoms with Gasteiger partial charge >= 0.3 is 0 Å². The monoisotopic (exact) mass is 291 g/mol. The van der Waals surface area contributed by atoms with Crippen molar-refractivity contribution in [2.75, 3.05) is 6.61 Å². The molecule has 0 fully saturated rings. The highest BCUT2D eigenvalue weighted by molar-refractivity contribution is 5.47. The average Bonchev–Trinajstić information content (AvgIpc) is 2.83. The Labute approximate surface area is 124 Å². The Morgan fingerprint density at radius 2 is 2.14 bits per heavy atom. The van der Waals surface area contributed by atoms with Gasteiger partial charge < -0.3 is 19.7 Å². The molecule has 0 aliphatic carbocycles. The van der Waals surface area contributed by atoms with Gasteiger partial charge in [-0.3, -0.25) is 0 Å². The van der Waals surface area contributed by atoms with Crippen LogP contribution in [-0.2, 0) is 13.0 Å². The van der Waals surface area contributed by atoms with Crippen molar-refractivity contribution >= 4 is 0 Å². The summed E-state index contributed by atoms with van der Waals surface area (Å²) in [6, 6.07) is 5.85. The van der Waals surface area contributed by atoms with Crippen LogP contribution in [-0.4, -0.2) is 22.8 Å². The van der Waals surface area contributed by atoms with Crippen LogP contribution >= 0.6 is 0 Å². The first-order valence-corrected chi connectivity index (χ1v) is 7.02. The summed E-state index contributed by atoms with van der Waals surface area (Å²) >= 11 is 0. The summed E-state index contributed by atoms with van der Waals surface area (Å²) in [5.74, 6) is 2.42. The third kappa shape index (κ3) is 4.19. The SMILES string of the molecule is CCOc1cccc(CC(C)N)c1OCc1noc(C)n1. The number of ether oxygens (including phenoxy) is 2. The fourth-order valence-electron chi connectivity index (χ4n) is 2.04. The number of nitrogens with zero attached hydrogens (tertiary/aromatic N) is 2. The fraction of sp³-hybridized carbons (Fsp3) is 0.467. The zero-order valence-corrected chi connectivity index (χ0v) is 12.6. The Morgan fingerprint density at radius 3 is 2.76 bits per heavy atom. The lowest BCUT2D eigenvalue weighted by molar-refractivity contribution is 0.255. The van der Waals surface area contributed by atoms with Gasteiger partial charge in [0, 0.05) is 13.0 Å². The summed E-state index contributed by atoms with van der Waals surface area (Å²) in [5, 5.41) is 3.82. The molecule has 6 heteroatoms. The summed E-state index contributed by atoms with van der Waals surface area (Å²) in [6.45, 7) is 6.43. The lowest BCUT2D eigenvalue weighted by Gasteiger charge is -2.16. The van der Waals surface area contributed by atoms with E-state index in [2.05, 4.69) is 10.1 Å². The first-order valence-electron chi connectivity index (χ1n) is 7.02. The maximum absolute atomic E-state index is 5.89. The van der Waals surface area contributed by atoms with Crippen molar-refractivity contribution in [1.29, 1.82) is 0 Å². The highest BCUT2D eigenvalue weighted by atomic mass is 16.5. The van der Waals surface area contributed by atoms with E-state index in [-0.39, 0.29) is 12.6 Å². The van der Waals surface area contributed by atoms with Crippen molar-refractivity contribution in [2.45, 2.75) is 39.8 Å². The van der Waals surface area contributed by atoms with Crippen molar-refractivity contribution in [3.8, 4) is 11.5 Å². The first kappa shape index (κ1) is 15.3. The van der Waals surface area contributed by atoms with Gasteiger partial charge in [-0.1, -0.05) is 17.3 Å². The molecule has 0 aliphatic rings. The maximum Gasteiger partial charge on any atom is 0.223 e. The van der Waals surface area contributed by atoms with Gasteiger partial charge in [-0.05, 0) is 31.9 Å². The molecule has 0 radical (unpaired) electrons. The standard InChI is InChI=1S/C15H21N3O3/c1-4-19-13-7-5-6-12(8-10(2)16)15(13)20-9-14-17-11(3)21-18-14/h5-7,10H,4,8-9,16H2,1-3H3. The van der Waals surface area contributed by atoms with Crippen molar-refractivity contribution in [3.05, 3.63) is 35.5 Å². The van der Waals surface area contributed by atoms with Gasteiger partial charge in [0.2, 0.25) is 11.7 Å². The molecule has 1 heterocycles. The summed E-state index contributed by atoms with van der Waals surface area (Å²) in [4.78, 5) is 4.12. The Hall–Kier alpha value is -2.08. The van der Waals surface area contributed by atoms with Crippen molar-refractivity contribution < 1.29 is 14.0 Å². The van der Waals surface area contributed by atoms with Crippen LogP contribution in [0.2, 0.25) is 0 Å². The van der Waals surface area contributed by atoms with E-state index in [0.29, 0.717) is 36.2 Å². The van der Waals surface area contributed by atoms with E-state index in [9.17, 15) is 0 Å². The van der Waals surface area contributed by atoms with E-state index in [1.165, 1.54) is 0 Å². The smallest absolute Gasteiger partial charge is 0.223 e. The van der Waals surface area contributed by atoms with Crippen molar-refractivity contribution in [2.24, 2.45) is 5.73 Å². The summed E-state index contributed by atoms with van der Waals surface area (Å²) < 4.78 is 16.4. The van der Waals surface area contributed by atoms with Crippen LogP contribution < -0.4 is 15.2 Å². The molecule has 0 aliphatic heterocycles. The molecule has 6 nitrogen and oxygen atoms in total. The normalized spacial score (nSPS) is 12.2. The minimum Gasteiger partial charge on any atom is -0.490 e. The number of hydrogen-bond acceptors (Lipinski definition) is 6. The van der Waals surface area contributed by atoms with E-state index in [1.807, 2.05) is 32.0 Å². The van der Waals surface area contributed by atoms with Crippen LogP contribution in [0.4, 0.5) is 0 Å². The van der Waals surface area contributed by atoms with Crippen LogP contribution in [0, 0.1) is 6.92 Å². The van der Waals surface area contributed by atoms with Gasteiger partial charge in [-0.25, -0.2) is 0 Å². The molecular weight excluding hydrogens is 270 g/mol. The molecule has 0 saturated heterocycles. The molecule has 0 spiro atoms. The topological polar surface area (TPSA) is 83.4 Å². The largest absolute Gasteiger partial charge is 0.490 e. The number of para-hydroxylation sites is 1. The molecule has 1 unspecified atom stereocenters. The molecule has 2 rings (SSSR count). The molecule has 0 amide bonds. The number of nitrogens with two attached hydrogens (primary N) is 1. The van der Waals surface area contributed by atoms with Crippen LogP contribution in [0.25, 0.3) is 0 Å². The average molecular weight is 291 g/mol. The second-order valence-electron chi connectivity index (χ2n) is 4.88. The lowest BCUT2D eigenvalue weighted by Crippen LogP contribution is -2.18. The molecule has 0 bridgehead atoms. The second kappa shape index (κ2) is 7.08. The van der Waals surface area contributed by atoms with E-state index in [0.717, 1.165) is 5.56 Å². The lowest BCUT2D eigenvalue weighted by atomic mass is 10.1. The molecule has 114 valence electrons. The van der Waals surface area contributed by atoms with Crippen LogP contribution in [0.1, 0.15) is 31.1 Å². The Bertz CT molecular complexity index is 581. The summed E-state index contributed by atoms with van der Waals surface area (Å²) in [6.07, 6.45) is 0.710. The third-order valence-corrected chi connectivity index (χ3v) is 2.82. The number of hydrogen-bond donors (Lipinski definition) is 1. The zero-order valence-electron chi connectivity index (χ0n) is 12.6. The first-order chi connectivity index (χ1) is 10.1. The van der Waals surface area contributed by atoms with E-state index < -0.39 is 0 Å². The highest BCUT2D eigenvalue weighted by Gasteiger charge is 2.14. The number of aryl methyl sites for hydroxylation is 1. The molecule has 1 atom stereocenters. The van der Waals surface area contributed by atoms with Gasteiger partial charge in [0.25, 0.3) is 0 Å². The van der Waals surface area contributed by atoms with Gasteiger partial charge in [0.1, 0.15) is 0 Å². The maximum atomic E-state index is 5.89.